The van der Waals surface area contributed by atoms with Gasteiger partial charge >= 0.3 is 0 Å². The second kappa shape index (κ2) is 7.90. The van der Waals surface area contributed by atoms with E-state index in [0.29, 0.717) is 10.4 Å². The van der Waals surface area contributed by atoms with Gasteiger partial charge in [-0.2, -0.15) is 0 Å². The minimum atomic E-state index is -1.34. The van der Waals surface area contributed by atoms with Crippen LogP contribution in [0.5, 0.6) is 0 Å². The maximum atomic E-state index is 14.2. The van der Waals surface area contributed by atoms with E-state index in [4.69, 9.17) is 5.41 Å². The van der Waals surface area contributed by atoms with Crippen LogP contribution < -0.4 is 0 Å². The molecule has 4 nitrogen and oxygen atoms in total. The molecular weight excluding hydrogens is 419 g/mol. The Kier molecular flexibility index (Phi) is 5.61. The molecule has 0 aliphatic rings. The van der Waals surface area contributed by atoms with Crippen LogP contribution in [0.15, 0.2) is 70.3 Å². The van der Waals surface area contributed by atoms with Crippen LogP contribution in [0.3, 0.4) is 0 Å². The summed E-state index contributed by atoms with van der Waals surface area (Å²) in [7, 11) is 0. The molecule has 2 heterocycles. The van der Waals surface area contributed by atoms with Gasteiger partial charge in [-0.3, -0.25) is 10.4 Å². The van der Waals surface area contributed by atoms with Gasteiger partial charge in [0.15, 0.2) is 0 Å². The number of aliphatic hydroxyl groups is 2. The fourth-order valence-electron chi connectivity index (χ4n) is 2.47. The number of nitrogens with one attached hydrogen (secondary N) is 1. The lowest BCUT2D eigenvalue weighted by atomic mass is 9.92. The Morgan fingerprint density at radius 1 is 1.15 bits per heavy atom. The minimum absolute atomic E-state index is 0.00684. The third-order valence-electron chi connectivity index (χ3n) is 3.75. The van der Waals surface area contributed by atoms with Crippen LogP contribution in [0.4, 0.5) is 4.39 Å². The lowest BCUT2D eigenvalue weighted by Gasteiger charge is -2.18. The summed E-state index contributed by atoms with van der Waals surface area (Å²) in [5.74, 6) is -0.876. The summed E-state index contributed by atoms with van der Waals surface area (Å²) in [6, 6.07) is 12.5. The number of rotatable bonds is 5. The van der Waals surface area contributed by atoms with Crippen LogP contribution in [0.1, 0.15) is 22.1 Å². The molecule has 0 fully saturated rings. The Hall–Kier alpha value is -2.35. The van der Waals surface area contributed by atoms with Crippen molar-refractivity contribution in [1.29, 1.82) is 5.41 Å². The molecule has 0 aliphatic heterocycles. The topological polar surface area (TPSA) is 77.2 Å². The molecule has 3 N–H and O–H groups in total. The average Bonchev–Trinajstić information content (AvgIpc) is 3.09. The molecule has 0 saturated heterocycles. The van der Waals surface area contributed by atoms with Gasteiger partial charge in [-0.25, -0.2) is 4.39 Å². The average molecular weight is 433 g/mol. The van der Waals surface area contributed by atoms with E-state index in [0.717, 1.165) is 3.79 Å². The maximum absolute atomic E-state index is 14.2. The van der Waals surface area contributed by atoms with Gasteiger partial charge in [0.25, 0.3) is 0 Å². The Balaban J connectivity index is 2.16. The van der Waals surface area contributed by atoms with E-state index < -0.39 is 11.9 Å². The van der Waals surface area contributed by atoms with Gasteiger partial charge in [0, 0.05) is 23.5 Å². The smallest absolute Gasteiger partial charge is 0.141 e. The molecule has 0 radical (unpaired) electrons. The van der Waals surface area contributed by atoms with Gasteiger partial charge in [0.2, 0.25) is 0 Å². The van der Waals surface area contributed by atoms with Crippen molar-refractivity contribution in [2.45, 2.75) is 6.10 Å². The summed E-state index contributed by atoms with van der Waals surface area (Å²) in [5.41, 5.74) is 0.0114. The number of aromatic nitrogens is 1. The zero-order valence-corrected chi connectivity index (χ0v) is 15.8. The van der Waals surface area contributed by atoms with E-state index in [2.05, 4.69) is 20.9 Å². The van der Waals surface area contributed by atoms with Gasteiger partial charge in [0.1, 0.15) is 17.7 Å². The Morgan fingerprint density at radius 2 is 1.92 bits per heavy atom. The number of nitrogens with zero attached hydrogens (tertiary/aromatic N) is 1. The molecule has 3 rings (SSSR count). The van der Waals surface area contributed by atoms with Gasteiger partial charge in [-0.05, 0) is 46.3 Å². The van der Waals surface area contributed by atoms with Crippen LogP contribution in [-0.2, 0) is 0 Å². The van der Waals surface area contributed by atoms with Crippen LogP contribution >= 0.6 is 27.3 Å². The van der Waals surface area contributed by atoms with Crippen LogP contribution in [0.25, 0.3) is 5.76 Å². The molecule has 0 bridgehead atoms. The van der Waals surface area contributed by atoms with Crippen molar-refractivity contribution in [2.75, 3.05) is 0 Å². The summed E-state index contributed by atoms with van der Waals surface area (Å²) in [4.78, 5) is 4.41. The standard InChI is InChI=1S/C19H14BrFN2O2S/c20-15-8-7-14(26-15)19(25)16(18(24)11-4-3-9-23-10-11)17(22)12-5-1-2-6-13(12)21/h1-10,18,22,24-25H/b19-16+,22-17?. The third kappa shape index (κ3) is 3.75. The monoisotopic (exact) mass is 432 g/mol. The van der Waals surface area contributed by atoms with Crippen molar-refractivity contribution in [1.82, 2.24) is 4.98 Å². The van der Waals surface area contributed by atoms with E-state index in [-0.39, 0.29) is 22.6 Å². The normalized spacial score (nSPS) is 13.2. The number of pyridine rings is 1. The second-order valence-corrected chi connectivity index (χ2v) is 7.87. The first-order chi connectivity index (χ1) is 12.5. The number of thiophene rings is 1. The second-order valence-electron chi connectivity index (χ2n) is 5.41. The first-order valence-electron chi connectivity index (χ1n) is 7.59. The number of hydrogen-bond donors (Lipinski definition) is 3. The van der Waals surface area contributed by atoms with Crippen molar-refractivity contribution in [3.63, 3.8) is 0 Å². The fourth-order valence-corrected chi connectivity index (χ4v) is 3.82. The third-order valence-corrected chi connectivity index (χ3v) is 5.38. The van der Waals surface area contributed by atoms with Gasteiger partial charge in [-0.15, -0.1) is 11.3 Å². The van der Waals surface area contributed by atoms with Gasteiger partial charge in [0.05, 0.1) is 19.9 Å². The molecule has 0 amide bonds. The van der Waals surface area contributed by atoms with E-state index in [1.54, 1.807) is 36.5 Å². The van der Waals surface area contributed by atoms with Crippen LogP contribution in [0.2, 0.25) is 0 Å². The Morgan fingerprint density at radius 3 is 2.54 bits per heavy atom. The predicted molar refractivity (Wildman–Crippen MR) is 104 cm³/mol. The molecule has 1 atom stereocenters. The molecule has 132 valence electrons. The molecule has 7 heteroatoms. The first kappa shape index (κ1) is 18.4. The first-order valence-corrected chi connectivity index (χ1v) is 9.20. The Bertz CT molecular complexity index is 972. The summed E-state index contributed by atoms with van der Waals surface area (Å²) in [6.07, 6.45) is 1.66. The summed E-state index contributed by atoms with van der Waals surface area (Å²) < 4.78 is 15.0. The quantitative estimate of drug-likeness (QED) is 0.386. The highest BCUT2D eigenvalue weighted by Gasteiger charge is 2.26. The highest BCUT2D eigenvalue weighted by molar-refractivity contribution is 9.11. The predicted octanol–water partition coefficient (Wildman–Crippen LogP) is 5.12. The van der Waals surface area contributed by atoms with Gasteiger partial charge < -0.3 is 10.2 Å². The van der Waals surface area contributed by atoms with E-state index in [9.17, 15) is 14.6 Å². The van der Waals surface area contributed by atoms with Crippen LogP contribution in [0, 0.1) is 11.2 Å². The lowest BCUT2D eigenvalue weighted by molar-refractivity contribution is 0.219. The van der Waals surface area contributed by atoms with Crippen molar-refractivity contribution in [3.05, 3.63) is 92.1 Å². The van der Waals surface area contributed by atoms with E-state index in [1.807, 2.05) is 0 Å². The molecule has 26 heavy (non-hydrogen) atoms. The summed E-state index contributed by atoms with van der Waals surface area (Å²) >= 11 is 4.57. The largest absolute Gasteiger partial charge is 0.506 e. The van der Waals surface area contributed by atoms with Crippen molar-refractivity contribution >= 4 is 38.7 Å². The number of benzene rings is 1. The lowest BCUT2D eigenvalue weighted by Crippen LogP contribution is -2.16. The molecule has 3 aromatic rings. The molecular formula is C19H14BrFN2O2S. The number of halogens is 2. The highest BCUT2D eigenvalue weighted by Crippen LogP contribution is 2.34. The van der Waals surface area contributed by atoms with Gasteiger partial charge in [-0.1, -0.05) is 18.2 Å². The zero-order chi connectivity index (χ0) is 18.7. The zero-order valence-electron chi connectivity index (χ0n) is 13.4. The molecule has 0 aliphatic carbocycles. The van der Waals surface area contributed by atoms with E-state index >= 15 is 0 Å². The number of hydrogen-bond acceptors (Lipinski definition) is 5. The van der Waals surface area contributed by atoms with Crippen molar-refractivity contribution in [3.8, 4) is 0 Å². The molecule has 0 spiro atoms. The fraction of sp³-hybridized carbons (Fsp3) is 0.0526. The van der Waals surface area contributed by atoms with Crippen molar-refractivity contribution < 1.29 is 14.6 Å². The van der Waals surface area contributed by atoms with E-state index in [1.165, 1.54) is 35.7 Å². The molecule has 1 aromatic carbocycles. The highest BCUT2D eigenvalue weighted by atomic mass is 79.9. The minimum Gasteiger partial charge on any atom is -0.506 e. The SMILES string of the molecule is N=C(/C(=C(\O)c1ccc(Br)s1)C(O)c1cccnc1)c1ccccc1F. The summed E-state index contributed by atoms with van der Waals surface area (Å²) in [6.45, 7) is 0. The molecule has 2 aromatic heterocycles. The molecule has 0 saturated carbocycles. The maximum Gasteiger partial charge on any atom is 0.141 e. The Labute approximate surface area is 161 Å². The molecule has 1 unspecified atom stereocenters. The van der Waals surface area contributed by atoms with Crippen molar-refractivity contribution in [2.24, 2.45) is 0 Å². The number of aliphatic hydroxyl groups excluding tert-OH is 2. The summed E-state index contributed by atoms with van der Waals surface area (Å²) in [5, 5.41) is 30.0. The van der Waals surface area contributed by atoms with Crippen LogP contribution in [-0.4, -0.2) is 20.9 Å².